The Hall–Kier alpha value is 0.194. The summed E-state index contributed by atoms with van der Waals surface area (Å²) < 4.78 is 0.539. The molecule has 3 rings (SSSR count). The van der Waals surface area contributed by atoms with Gasteiger partial charge < -0.3 is 0 Å². The molecule has 0 nitrogen and oxygen atoms in total. The van der Waals surface area contributed by atoms with Gasteiger partial charge in [0.15, 0.2) is 0 Å². The second kappa shape index (κ2) is 3.60. The Labute approximate surface area is 105 Å². The van der Waals surface area contributed by atoms with Crippen LogP contribution in [0.15, 0.2) is 24.3 Å². The molecule has 0 spiro atoms. The normalized spacial score (nSPS) is 52.5. The maximum atomic E-state index is 2.50. The van der Waals surface area contributed by atoms with Crippen molar-refractivity contribution >= 4 is 0 Å². The molecule has 1 heteroatoms. The first-order valence-electron chi connectivity index (χ1n) is 6.31. The summed E-state index contributed by atoms with van der Waals surface area (Å²) in [6.45, 7) is 2.50. The molecule has 0 heterocycles. The number of allylic oxidation sites excluding steroid dienone is 4. The van der Waals surface area contributed by atoms with Gasteiger partial charge in [0, 0.05) is 0 Å². The van der Waals surface area contributed by atoms with Crippen molar-refractivity contribution in [1.29, 1.82) is 0 Å². The van der Waals surface area contributed by atoms with E-state index in [1.807, 2.05) is 0 Å². The topological polar surface area (TPSA) is 0 Å². The molecule has 0 saturated heterocycles. The van der Waals surface area contributed by atoms with Crippen LogP contribution in [0.25, 0.3) is 0 Å². The second-order valence-electron chi connectivity index (χ2n) is 5.71. The number of fused-ring (bicyclic) bond motifs is 3. The predicted octanol–water partition coefficient (Wildman–Crippen LogP) is 3.89. The van der Waals surface area contributed by atoms with Crippen LogP contribution < -0.4 is 0 Å². The van der Waals surface area contributed by atoms with Crippen LogP contribution in [0.3, 0.4) is 0 Å². The summed E-state index contributed by atoms with van der Waals surface area (Å²) >= 11 is 2.50. The van der Waals surface area contributed by atoms with Crippen LogP contribution in [0.2, 0.25) is 3.72 Å². The summed E-state index contributed by atoms with van der Waals surface area (Å²) in [4.78, 5) is 0. The Morgan fingerprint density at radius 2 is 1.87 bits per heavy atom. The Kier molecular flexibility index (Phi) is 2.49. The van der Waals surface area contributed by atoms with E-state index in [1.54, 1.807) is 0 Å². The molecule has 2 saturated carbocycles. The van der Waals surface area contributed by atoms with E-state index in [-0.39, 0.29) is 0 Å². The van der Waals surface area contributed by atoms with Crippen molar-refractivity contribution in [2.24, 2.45) is 23.7 Å². The van der Waals surface area contributed by atoms with Crippen LogP contribution in [0.4, 0.5) is 0 Å². The van der Waals surface area contributed by atoms with Gasteiger partial charge >= 0.3 is 105 Å². The third-order valence-corrected chi connectivity index (χ3v) is 6.05. The Balaban J connectivity index is 1.98. The zero-order valence-corrected chi connectivity index (χ0v) is 11.0. The quantitative estimate of drug-likeness (QED) is 0.559. The molecule has 5 atom stereocenters. The van der Waals surface area contributed by atoms with Crippen molar-refractivity contribution in [2.45, 2.75) is 36.3 Å². The van der Waals surface area contributed by atoms with Gasteiger partial charge in [-0.05, 0) is 0 Å². The van der Waals surface area contributed by atoms with E-state index in [4.69, 9.17) is 0 Å². The molecule has 2 fully saturated rings. The van der Waals surface area contributed by atoms with E-state index in [1.165, 1.54) is 25.7 Å². The van der Waals surface area contributed by atoms with Crippen LogP contribution in [-0.2, 0) is 20.4 Å². The molecule has 79 valence electrons. The Morgan fingerprint density at radius 3 is 2.73 bits per heavy atom. The number of hydrogen-bond donors (Lipinski definition) is 0. The Bertz CT molecular complexity index is 313. The fourth-order valence-corrected chi connectivity index (χ4v) is 5.26. The fraction of sp³-hybridized carbons (Fsp3) is 0.714. The van der Waals surface area contributed by atoms with Crippen LogP contribution in [0.5, 0.6) is 0 Å². The van der Waals surface area contributed by atoms with Crippen molar-refractivity contribution < 1.29 is 20.4 Å². The Morgan fingerprint density at radius 1 is 1.13 bits per heavy atom. The second-order valence-corrected chi connectivity index (χ2v) is 7.39. The third-order valence-electron chi connectivity index (χ3n) is 4.95. The van der Waals surface area contributed by atoms with Gasteiger partial charge in [-0.25, -0.2) is 0 Å². The van der Waals surface area contributed by atoms with Gasteiger partial charge in [0.2, 0.25) is 0 Å². The van der Waals surface area contributed by atoms with Gasteiger partial charge in [-0.1, -0.05) is 0 Å². The van der Waals surface area contributed by atoms with Crippen LogP contribution in [-0.4, -0.2) is 0 Å². The molecule has 15 heavy (non-hydrogen) atoms. The molecule has 0 aliphatic heterocycles. The molecule has 0 radical (unpaired) electrons. The zero-order chi connectivity index (χ0) is 10.5. The minimum absolute atomic E-state index is 0.539. The summed E-state index contributed by atoms with van der Waals surface area (Å²) in [5.41, 5.74) is 0. The van der Waals surface area contributed by atoms with E-state index in [0.29, 0.717) is 3.72 Å². The van der Waals surface area contributed by atoms with Crippen molar-refractivity contribution in [3.05, 3.63) is 24.3 Å². The van der Waals surface area contributed by atoms with Gasteiger partial charge in [0.1, 0.15) is 0 Å². The van der Waals surface area contributed by atoms with Gasteiger partial charge in [0.25, 0.3) is 0 Å². The molecule has 0 aromatic carbocycles. The standard InChI is InChI=1S/C14H19.Ti/c1-10-11-6-2-4-8-13(11)14-9-5-3-7-12(10)14;/h2,4,6,8,11-14H,3,5,7,9H2,1H3;. The first kappa shape index (κ1) is 10.4. The van der Waals surface area contributed by atoms with Gasteiger partial charge in [-0.2, -0.15) is 0 Å². The number of hydrogen-bond acceptors (Lipinski definition) is 0. The summed E-state index contributed by atoms with van der Waals surface area (Å²) in [7, 11) is 0. The molecule has 3 aliphatic rings. The van der Waals surface area contributed by atoms with Gasteiger partial charge in [-0.3, -0.25) is 0 Å². The third kappa shape index (κ3) is 1.45. The average molecular weight is 235 g/mol. The molecule has 0 bridgehead atoms. The SMILES string of the molecule is C[C]1([Ti])C2C=CC=CC2C2CCCCC21. The summed E-state index contributed by atoms with van der Waals surface area (Å²) in [5.74, 6) is 3.64. The molecule has 0 amide bonds. The van der Waals surface area contributed by atoms with E-state index in [2.05, 4.69) is 51.7 Å². The first-order chi connectivity index (χ1) is 7.21. The first-order valence-corrected chi connectivity index (χ1v) is 7.09. The van der Waals surface area contributed by atoms with E-state index in [9.17, 15) is 0 Å². The predicted molar refractivity (Wildman–Crippen MR) is 59.1 cm³/mol. The summed E-state index contributed by atoms with van der Waals surface area (Å²) in [5, 5.41) is 0. The molecule has 0 N–H and O–H groups in total. The minimum atomic E-state index is 0.539. The van der Waals surface area contributed by atoms with Gasteiger partial charge in [0.05, 0.1) is 0 Å². The number of rotatable bonds is 0. The molecule has 3 aliphatic carbocycles. The van der Waals surface area contributed by atoms with Crippen molar-refractivity contribution in [3.8, 4) is 0 Å². The average Bonchev–Trinajstić information content (AvgIpc) is 2.51. The summed E-state index contributed by atoms with van der Waals surface area (Å²) in [6, 6.07) is 0. The van der Waals surface area contributed by atoms with Crippen LogP contribution in [0, 0.1) is 23.7 Å². The van der Waals surface area contributed by atoms with Crippen molar-refractivity contribution in [3.63, 3.8) is 0 Å². The van der Waals surface area contributed by atoms with E-state index < -0.39 is 0 Å². The van der Waals surface area contributed by atoms with Gasteiger partial charge in [-0.15, -0.1) is 0 Å². The van der Waals surface area contributed by atoms with Crippen LogP contribution >= 0.6 is 0 Å². The molecular formula is C14H19Ti. The molecular weight excluding hydrogens is 216 g/mol. The molecule has 5 unspecified atom stereocenters. The van der Waals surface area contributed by atoms with E-state index in [0.717, 1.165) is 23.7 Å². The summed E-state index contributed by atoms with van der Waals surface area (Å²) in [6.07, 6.45) is 15.4. The molecule has 0 aromatic rings. The van der Waals surface area contributed by atoms with Crippen LogP contribution in [0.1, 0.15) is 32.6 Å². The monoisotopic (exact) mass is 235 g/mol. The van der Waals surface area contributed by atoms with Crippen molar-refractivity contribution in [1.82, 2.24) is 0 Å². The maximum absolute atomic E-state index is 2.50. The van der Waals surface area contributed by atoms with Crippen molar-refractivity contribution in [2.75, 3.05) is 0 Å². The van der Waals surface area contributed by atoms with E-state index >= 15 is 0 Å². The molecule has 0 aromatic heterocycles. The fourth-order valence-electron chi connectivity index (χ4n) is 4.25. The zero-order valence-electron chi connectivity index (χ0n) is 9.45.